The molecule has 8 heteroatoms. The number of sulfonamides is 1. The number of imidazole rings is 1. The summed E-state index contributed by atoms with van der Waals surface area (Å²) in [5, 5.41) is 9.00. The maximum Gasteiger partial charge on any atom is 0.260 e. The van der Waals surface area contributed by atoms with Gasteiger partial charge in [-0.05, 0) is 0 Å². The summed E-state index contributed by atoms with van der Waals surface area (Å²) in [6.45, 7) is 0.559. The number of aromatic amines is 1. The van der Waals surface area contributed by atoms with Gasteiger partial charge in [-0.15, -0.1) is 0 Å². The minimum Gasteiger partial charge on any atom is -0.394 e. The Kier molecular flexibility index (Phi) is 3.24. The molecule has 2 rings (SSSR count). The topological polar surface area (TPSA) is 95.5 Å². The largest absolute Gasteiger partial charge is 0.394 e. The monoisotopic (exact) mass is 247 g/mol. The highest BCUT2D eigenvalue weighted by Crippen LogP contribution is 2.15. The number of aliphatic hydroxyl groups is 1. The second-order valence-corrected chi connectivity index (χ2v) is 5.36. The van der Waals surface area contributed by atoms with Crippen LogP contribution in [-0.4, -0.2) is 60.2 Å². The predicted octanol–water partition coefficient (Wildman–Crippen LogP) is -1.21. The number of H-pyrrole nitrogens is 1. The molecule has 1 saturated heterocycles. The van der Waals surface area contributed by atoms with Gasteiger partial charge in [-0.1, -0.05) is 0 Å². The van der Waals surface area contributed by atoms with Crippen molar-refractivity contribution in [2.75, 3.05) is 26.3 Å². The molecule has 0 amide bonds. The summed E-state index contributed by atoms with van der Waals surface area (Å²) < 4.78 is 30.5. The Morgan fingerprint density at radius 1 is 1.69 bits per heavy atom. The van der Waals surface area contributed by atoms with E-state index >= 15 is 0 Å². The van der Waals surface area contributed by atoms with E-state index in [1.165, 1.54) is 16.8 Å². The van der Waals surface area contributed by atoms with E-state index in [0.717, 1.165) is 0 Å². The minimum absolute atomic E-state index is 0.0612. The van der Waals surface area contributed by atoms with Gasteiger partial charge in [-0.3, -0.25) is 0 Å². The third kappa shape index (κ3) is 2.09. The average molecular weight is 247 g/mol. The molecule has 1 atom stereocenters. The van der Waals surface area contributed by atoms with Gasteiger partial charge in [-0.2, -0.15) is 4.31 Å². The molecule has 1 fully saturated rings. The van der Waals surface area contributed by atoms with E-state index in [1.54, 1.807) is 0 Å². The van der Waals surface area contributed by atoms with Crippen molar-refractivity contribution in [3.63, 3.8) is 0 Å². The van der Waals surface area contributed by atoms with Crippen LogP contribution < -0.4 is 0 Å². The summed E-state index contributed by atoms with van der Waals surface area (Å²) in [5.41, 5.74) is 0. The molecule has 2 heterocycles. The van der Waals surface area contributed by atoms with E-state index in [-0.39, 0.29) is 24.7 Å². The molecule has 1 unspecified atom stereocenters. The van der Waals surface area contributed by atoms with Crippen LogP contribution in [0.3, 0.4) is 0 Å². The van der Waals surface area contributed by atoms with Crippen molar-refractivity contribution >= 4 is 10.0 Å². The molecule has 1 aromatic heterocycles. The first-order chi connectivity index (χ1) is 7.64. The van der Waals surface area contributed by atoms with Crippen molar-refractivity contribution in [3.05, 3.63) is 12.5 Å². The van der Waals surface area contributed by atoms with E-state index < -0.39 is 16.1 Å². The third-order valence-electron chi connectivity index (χ3n) is 2.40. The maximum absolute atomic E-state index is 12.0. The summed E-state index contributed by atoms with van der Waals surface area (Å²) in [7, 11) is -3.54. The van der Waals surface area contributed by atoms with Gasteiger partial charge in [0, 0.05) is 13.1 Å². The van der Waals surface area contributed by atoms with Gasteiger partial charge in [0.05, 0.1) is 31.8 Å². The van der Waals surface area contributed by atoms with Crippen LogP contribution in [0, 0.1) is 0 Å². The van der Waals surface area contributed by atoms with Gasteiger partial charge >= 0.3 is 0 Å². The Hall–Kier alpha value is -0.960. The van der Waals surface area contributed by atoms with Crippen LogP contribution in [0.2, 0.25) is 0 Å². The quantitative estimate of drug-likeness (QED) is 0.699. The number of morpholine rings is 1. The maximum atomic E-state index is 12.0. The molecule has 2 N–H and O–H groups in total. The highest BCUT2D eigenvalue weighted by molar-refractivity contribution is 7.89. The van der Waals surface area contributed by atoms with Crippen LogP contribution in [0.4, 0.5) is 0 Å². The number of hydrogen-bond acceptors (Lipinski definition) is 5. The molecule has 0 spiro atoms. The van der Waals surface area contributed by atoms with Gasteiger partial charge in [0.15, 0.2) is 5.03 Å². The minimum atomic E-state index is -3.54. The van der Waals surface area contributed by atoms with Crippen LogP contribution in [0.25, 0.3) is 0 Å². The van der Waals surface area contributed by atoms with Gasteiger partial charge < -0.3 is 14.8 Å². The SMILES string of the molecule is O=S(=O)(c1cnc[nH]1)N1CCOC(CO)C1. The van der Waals surface area contributed by atoms with E-state index in [4.69, 9.17) is 9.84 Å². The molecule has 1 aliphatic rings. The first-order valence-corrected chi connectivity index (χ1v) is 6.29. The zero-order valence-electron chi connectivity index (χ0n) is 8.54. The molecule has 0 radical (unpaired) electrons. The number of aliphatic hydroxyl groups excluding tert-OH is 1. The fraction of sp³-hybridized carbons (Fsp3) is 0.625. The zero-order valence-corrected chi connectivity index (χ0v) is 9.35. The molecule has 0 aromatic carbocycles. The van der Waals surface area contributed by atoms with Crippen LogP contribution in [0.5, 0.6) is 0 Å². The molecule has 1 aromatic rings. The van der Waals surface area contributed by atoms with Crippen molar-refractivity contribution in [1.82, 2.24) is 14.3 Å². The normalized spacial score (nSPS) is 23.4. The molecular weight excluding hydrogens is 234 g/mol. The highest BCUT2D eigenvalue weighted by atomic mass is 32.2. The number of aromatic nitrogens is 2. The second-order valence-electron chi connectivity index (χ2n) is 3.45. The lowest BCUT2D eigenvalue weighted by Gasteiger charge is -2.30. The van der Waals surface area contributed by atoms with Crippen LogP contribution >= 0.6 is 0 Å². The van der Waals surface area contributed by atoms with Crippen LogP contribution in [-0.2, 0) is 14.8 Å². The highest BCUT2D eigenvalue weighted by Gasteiger charge is 2.31. The lowest BCUT2D eigenvalue weighted by Crippen LogP contribution is -2.46. The van der Waals surface area contributed by atoms with Crippen molar-refractivity contribution in [1.29, 1.82) is 0 Å². The first kappa shape index (κ1) is 11.5. The summed E-state index contributed by atoms with van der Waals surface area (Å²) in [4.78, 5) is 6.24. The summed E-state index contributed by atoms with van der Waals surface area (Å²) >= 11 is 0. The lowest BCUT2D eigenvalue weighted by molar-refractivity contribution is -0.0305. The fourth-order valence-electron chi connectivity index (χ4n) is 1.54. The first-order valence-electron chi connectivity index (χ1n) is 4.85. The summed E-state index contributed by atoms with van der Waals surface area (Å²) in [6.07, 6.45) is 2.13. The molecule has 7 nitrogen and oxygen atoms in total. The number of nitrogens with zero attached hydrogens (tertiary/aromatic N) is 2. The molecule has 16 heavy (non-hydrogen) atoms. The lowest BCUT2D eigenvalue weighted by atomic mass is 10.3. The molecule has 0 aliphatic carbocycles. The Morgan fingerprint density at radius 2 is 2.50 bits per heavy atom. The van der Waals surface area contributed by atoms with Crippen molar-refractivity contribution < 1.29 is 18.3 Å². The van der Waals surface area contributed by atoms with Crippen LogP contribution in [0.15, 0.2) is 17.6 Å². The standard InChI is InChI=1S/C8H13N3O4S/c12-5-7-4-11(1-2-15-7)16(13,14)8-3-9-6-10-8/h3,6-7,12H,1-2,4-5H2,(H,9,10). The zero-order chi connectivity index (χ0) is 11.6. The fourth-order valence-corrected chi connectivity index (χ4v) is 2.90. The molecule has 90 valence electrons. The van der Waals surface area contributed by atoms with Crippen molar-refractivity contribution in [3.8, 4) is 0 Å². The Balaban J connectivity index is 2.18. The molecule has 1 aliphatic heterocycles. The predicted molar refractivity (Wildman–Crippen MR) is 54.2 cm³/mol. The van der Waals surface area contributed by atoms with Gasteiger partial charge in [-0.25, -0.2) is 13.4 Å². The second kappa shape index (κ2) is 4.50. The van der Waals surface area contributed by atoms with E-state index in [0.29, 0.717) is 6.61 Å². The smallest absolute Gasteiger partial charge is 0.260 e. The van der Waals surface area contributed by atoms with Crippen LogP contribution in [0.1, 0.15) is 0 Å². The Labute approximate surface area is 93.1 Å². The molecule has 0 saturated carbocycles. The number of hydrogen-bond donors (Lipinski definition) is 2. The van der Waals surface area contributed by atoms with Gasteiger partial charge in [0.1, 0.15) is 0 Å². The average Bonchev–Trinajstić information content (AvgIpc) is 2.83. The Bertz CT molecular complexity index is 430. The van der Waals surface area contributed by atoms with Gasteiger partial charge in [0.2, 0.25) is 0 Å². The summed E-state index contributed by atoms with van der Waals surface area (Å²) in [5.74, 6) is 0. The van der Waals surface area contributed by atoms with Crippen molar-refractivity contribution in [2.45, 2.75) is 11.1 Å². The van der Waals surface area contributed by atoms with E-state index in [9.17, 15) is 8.42 Å². The van der Waals surface area contributed by atoms with Crippen molar-refractivity contribution in [2.24, 2.45) is 0 Å². The Morgan fingerprint density at radius 3 is 3.12 bits per heavy atom. The van der Waals surface area contributed by atoms with E-state index in [2.05, 4.69) is 9.97 Å². The molecular formula is C8H13N3O4S. The number of ether oxygens (including phenoxy) is 1. The van der Waals surface area contributed by atoms with E-state index in [1.807, 2.05) is 0 Å². The number of nitrogens with one attached hydrogen (secondary N) is 1. The third-order valence-corrected chi connectivity index (χ3v) is 4.19. The summed E-state index contributed by atoms with van der Waals surface area (Å²) in [6, 6.07) is 0. The van der Waals surface area contributed by atoms with Gasteiger partial charge in [0.25, 0.3) is 10.0 Å². The number of rotatable bonds is 3. The molecule has 0 bridgehead atoms.